The molecule has 2 aromatic carbocycles. The highest BCUT2D eigenvalue weighted by Crippen LogP contribution is 2.33. The Hall–Kier alpha value is -3.69. The van der Waals surface area contributed by atoms with Crippen molar-refractivity contribution < 1.29 is 0 Å². The van der Waals surface area contributed by atoms with Crippen molar-refractivity contribution in [2.24, 2.45) is 0 Å². The standard InChI is InChI=1S/C26H19BrN6OS/c1-16-5-4-6-19(11-16)33-25(21-13-28-22-8-3-2-7-20(21)22)30-31-26(33)35-15-18-12-24(34)32-14-17(27)9-10-23(32)29-18/h2-14,28H,15H2,1H3. The first-order valence-electron chi connectivity index (χ1n) is 11.0. The number of nitrogens with zero attached hydrogens (tertiary/aromatic N) is 5. The molecule has 0 spiro atoms. The average Bonchev–Trinajstić information content (AvgIpc) is 3.47. The number of hydrogen-bond donors (Lipinski definition) is 1. The lowest BCUT2D eigenvalue weighted by molar-refractivity contribution is 0.884. The van der Waals surface area contributed by atoms with E-state index in [9.17, 15) is 4.79 Å². The van der Waals surface area contributed by atoms with Gasteiger partial charge >= 0.3 is 0 Å². The SMILES string of the molecule is Cc1cccc(-n2c(SCc3cc(=O)n4cc(Br)ccc4n3)nnc2-c2c[nH]c3ccccc23)c1. The van der Waals surface area contributed by atoms with E-state index in [0.717, 1.165) is 43.2 Å². The van der Waals surface area contributed by atoms with Gasteiger partial charge in [0.1, 0.15) is 5.65 Å². The van der Waals surface area contributed by atoms with Gasteiger partial charge in [-0.25, -0.2) is 4.98 Å². The molecule has 0 saturated heterocycles. The summed E-state index contributed by atoms with van der Waals surface area (Å²) in [6.45, 7) is 2.07. The summed E-state index contributed by atoms with van der Waals surface area (Å²) in [4.78, 5) is 20.6. The van der Waals surface area contributed by atoms with Gasteiger partial charge in [-0.3, -0.25) is 13.8 Å². The first-order valence-corrected chi connectivity index (χ1v) is 12.7. The molecule has 7 nitrogen and oxygen atoms in total. The Labute approximate surface area is 213 Å². The summed E-state index contributed by atoms with van der Waals surface area (Å²) in [5.41, 5.74) is 5.33. The van der Waals surface area contributed by atoms with Crippen LogP contribution in [0.15, 0.2) is 93.5 Å². The monoisotopic (exact) mass is 542 g/mol. The fraction of sp³-hybridized carbons (Fsp3) is 0.0769. The number of fused-ring (bicyclic) bond motifs is 2. The molecule has 0 radical (unpaired) electrons. The average molecular weight is 543 g/mol. The second-order valence-corrected chi connectivity index (χ2v) is 10.0. The number of para-hydroxylation sites is 1. The van der Waals surface area contributed by atoms with Crippen LogP contribution in [-0.2, 0) is 5.75 Å². The van der Waals surface area contributed by atoms with Crippen LogP contribution in [0, 0.1) is 6.92 Å². The predicted octanol–water partition coefficient (Wildman–Crippen LogP) is 5.79. The van der Waals surface area contributed by atoms with Gasteiger partial charge in [0.25, 0.3) is 5.56 Å². The third-order valence-corrected chi connectivity index (χ3v) is 7.18. The van der Waals surface area contributed by atoms with Crippen LogP contribution in [0.25, 0.3) is 33.6 Å². The first kappa shape index (κ1) is 21.8. The highest BCUT2D eigenvalue weighted by molar-refractivity contribution is 9.10. The lowest BCUT2D eigenvalue weighted by Gasteiger charge is -2.11. The van der Waals surface area contributed by atoms with E-state index in [1.54, 1.807) is 12.3 Å². The molecule has 0 aliphatic heterocycles. The summed E-state index contributed by atoms with van der Waals surface area (Å²) >= 11 is 4.91. The Morgan fingerprint density at radius 2 is 1.91 bits per heavy atom. The number of aromatic nitrogens is 6. The maximum atomic E-state index is 12.6. The summed E-state index contributed by atoms with van der Waals surface area (Å²) in [7, 11) is 0. The molecule has 9 heteroatoms. The largest absolute Gasteiger partial charge is 0.360 e. The molecule has 172 valence electrons. The zero-order valence-electron chi connectivity index (χ0n) is 18.6. The number of H-pyrrole nitrogens is 1. The van der Waals surface area contributed by atoms with Crippen molar-refractivity contribution in [2.45, 2.75) is 17.8 Å². The topological polar surface area (TPSA) is 80.9 Å². The second-order valence-electron chi connectivity index (χ2n) is 8.18. The number of aryl methyl sites for hydroxylation is 1. The van der Waals surface area contributed by atoms with E-state index in [1.807, 2.05) is 42.6 Å². The van der Waals surface area contributed by atoms with E-state index in [0.29, 0.717) is 17.1 Å². The molecule has 35 heavy (non-hydrogen) atoms. The molecule has 0 saturated carbocycles. The molecule has 0 unspecified atom stereocenters. The minimum absolute atomic E-state index is 0.119. The Morgan fingerprint density at radius 3 is 2.80 bits per heavy atom. The van der Waals surface area contributed by atoms with Crippen LogP contribution in [0.4, 0.5) is 0 Å². The summed E-state index contributed by atoms with van der Waals surface area (Å²) < 4.78 is 4.42. The maximum Gasteiger partial charge on any atom is 0.258 e. The summed E-state index contributed by atoms with van der Waals surface area (Å²) in [6, 6.07) is 21.7. The van der Waals surface area contributed by atoms with Gasteiger partial charge in [-0.1, -0.05) is 42.1 Å². The zero-order chi connectivity index (χ0) is 23.9. The van der Waals surface area contributed by atoms with Crippen molar-refractivity contribution in [3.8, 4) is 17.1 Å². The van der Waals surface area contributed by atoms with Crippen LogP contribution < -0.4 is 5.56 Å². The fourth-order valence-corrected chi connectivity index (χ4v) is 5.31. The van der Waals surface area contributed by atoms with E-state index < -0.39 is 0 Å². The Bertz CT molecular complexity index is 1770. The summed E-state index contributed by atoms with van der Waals surface area (Å²) in [6.07, 6.45) is 3.70. The normalized spacial score (nSPS) is 11.5. The number of rotatable bonds is 5. The number of thioether (sulfide) groups is 1. The number of nitrogens with one attached hydrogen (secondary N) is 1. The molecule has 0 aliphatic rings. The third kappa shape index (κ3) is 4.06. The van der Waals surface area contributed by atoms with Gasteiger partial charge < -0.3 is 4.98 Å². The van der Waals surface area contributed by atoms with Crippen molar-refractivity contribution >= 4 is 44.2 Å². The van der Waals surface area contributed by atoms with Gasteiger partial charge in [-0.15, -0.1) is 10.2 Å². The zero-order valence-corrected chi connectivity index (χ0v) is 21.0. The molecule has 6 rings (SSSR count). The first-order chi connectivity index (χ1) is 17.1. The van der Waals surface area contributed by atoms with Gasteiger partial charge in [0.05, 0.1) is 5.69 Å². The number of hydrogen-bond acceptors (Lipinski definition) is 5. The van der Waals surface area contributed by atoms with E-state index in [2.05, 4.69) is 71.9 Å². The quantitative estimate of drug-likeness (QED) is 0.279. The molecular formula is C26H19BrN6OS. The number of benzene rings is 2. The molecule has 4 heterocycles. The Morgan fingerprint density at radius 1 is 1.03 bits per heavy atom. The molecule has 0 bridgehead atoms. The van der Waals surface area contributed by atoms with Crippen LogP contribution in [0.1, 0.15) is 11.3 Å². The maximum absolute atomic E-state index is 12.6. The highest BCUT2D eigenvalue weighted by atomic mass is 79.9. The van der Waals surface area contributed by atoms with Crippen molar-refractivity contribution in [1.29, 1.82) is 0 Å². The molecule has 1 N–H and O–H groups in total. The molecule has 0 amide bonds. The van der Waals surface area contributed by atoms with E-state index >= 15 is 0 Å². The van der Waals surface area contributed by atoms with Crippen molar-refractivity contribution in [1.82, 2.24) is 29.1 Å². The highest BCUT2D eigenvalue weighted by Gasteiger charge is 2.19. The van der Waals surface area contributed by atoms with E-state index in [1.165, 1.54) is 16.2 Å². The number of pyridine rings is 1. The van der Waals surface area contributed by atoms with Crippen LogP contribution in [0.2, 0.25) is 0 Å². The minimum Gasteiger partial charge on any atom is -0.360 e. The van der Waals surface area contributed by atoms with Gasteiger partial charge in [0, 0.05) is 50.8 Å². The van der Waals surface area contributed by atoms with Crippen molar-refractivity contribution in [2.75, 3.05) is 0 Å². The lowest BCUT2D eigenvalue weighted by Crippen LogP contribution is -2.15. The minimum atomic E-state index is -0.119. The molecule has 6 aromatic rings. The second kappa shape index (κ2) is 8.83. The third-order valence-electron chi connectivity index (χ3n) is 5.75. The van der Waals surface area contributed by atoms with Crippen LogP contribution in [0.5, 0.6) is 0 Å². The van der Waals surface area contributed by atoms with Gasteiger partial charge in [-0.2, -0.15) is 0 Å². The predicted molar refractivity (Wildman–Crippen MR) is 142 cm³/mol. The number of halogens is 1. The summed E-state index contributed by atoms with van der Waals surface area (Å²) in [5, 5.41) is 10.9. The fourth-order valence-electron chi connectivity index (χ4n) is 4.13. The smallest absolute Gasteiger partial charge is 0.258 e. The molecule has 0 atom stereocenters. The van der Waals surface area contributed by atoms with Crippen LogP contribution in [-0.4, -0.2) is 29.1 Å². The lowest BCUT2D eigenvalue weighted by atomic mass is 10.1. The van der Waals surface area contributed by atoms with Crippen molar-refractivity contribution in [3.63, 3.8) is 0 Å². The number of aromatic amines is 1. The molecule has 4 aromatic heterocycles. The van der Waals surface area contributed by atoms with Gasteiger partial charge in [0.15, 0.2) is 11.0 Å². The van der Waals surface area contributed by atoms with Crippen molar-refractivity contribution in [3.05, 3.63) is 105 Å². The van der Waals surface area contributed by atoms with Gasteiger partial charge in [-0.05, 0) is 58.7 Å². The van der Waals surface area contributed by atoms with Crippen LogP contribution in [0.3, 0.4) is 0 Å². The summed E-state index contributed by atoms with van der Waals surface area (Å²) in [5.74, 6) is 1.24. The van der Waals surface area contributed by atoms with E-state index in [-0.39, 0.29) is 5.56 Å². The van der Waals surface area contributed by atoms with Gasteiger partial charge in [0.2, 0.25) is 0 Å². The Balaban J connectivity index is 1.42. The molecular weight excluding hydrogens is 524 g/mol. The Kier molecular flexibility index (Phi) is 5.50. The van der Waals surface area contributed by atoms with Crippen LogP contribution >= 0.6 is 27.7 Å². The molecule has 0 fully saturated rings. The van der Waals surface area contributed by atoms with E-state index in [4.69, 9.17) is 0 Å². The molecule has 0 aliphatic carbocycles.